The average molecular weight is 372 g/mol. The number of phenols is 1. The second-order valence-electron chi connectivity index (χ2n) is 5.76. The third kappa shape index (κ3) is 4.54. The summed E-state index contributed by atoms with van der Waals surface area (Å²) in [5.74, 6) is 0.243. The molecule has 0 aliphatic rings. The third-order valence-electron chi connectivity index (χ3n) is 3.89. The van der Waals surface area contributed by atoms with Gasteiger partial charge in [0.25, 0.3) is 0 Å². The minimum Gasteiger partial charge on any atom is -0.507 e. The van der Waals surface area contributed by atoms with Crippen LogP contribution in [-0.4, -0.2) is 24.4 Å². The molecule has 3 aromatic carbocycles. The molecule has 0 spiro atoms. The molecule has 3 aromatic rings. The number of methoxy groups -OCH3 is 1. The zero-order valence-corrected chi connectivity index (χ0v) is 15.0. The van der Waals surface area contributed by atoms with Crippen molar-refractivity contribution in [2.24, 2.45) is 4.99 Å². The first-order valence-corrected chi connectivity index (χ1v) is 8.32. The molecule has 6 heteroatoms. The third-order valence-corrected chi connectivity index (χ3v) is 3.89. The molecule has 0 radical (unpaired) electrons. The van der Waals surface area contributed by atoms with Crippen LogP contribution in [0.2, 0.25) is 0 Å². The van der Waals surface area contributed by atoms with Gasteiger partial charge in [-0.1, -0.05) is 0 Å². The van der Waals surface area contributed by atoms with Crippen LogP contribution < -0.4 is 9.47 Å². The Bertz CT molecular complexity index is 1050. The quantitative estimate of drug-likeness (QED) is 0.411. The van der Waals surface area contributed by atoms with Crippen LogP contribution in [0.1, 0.15) is 21.5 Å². The summed E-state index contributed by atoms with van der Waals surface area (Å²) in [5.41, 5.74) is 2.03. The number of carbonyl (C=O) groups excluding carboxylic acids is 1. The molecule has 0 heterocycles. The number of phenolic OH excluding ortho intramolecular Hbond substituents is 1. The summed E-state index contributed by atoms with van der Waals surface area (Å²) in [7, 11) is 1.54. The summed E-state index contributed by atoms with van der Waals surface area (Å²) in [4.78, 5) is 16.4. The van der Waals surface area contributed by atoms with Crippen LogP contribution in [0.25, 0.3) is 0 Å². The fraction of sp³-hybridized carbons (Fsp3) is 0.0455. The van der Waals surface area contributed by atoms with Crippen LogP contribution in [0.3, 0.4) is 0 Å². The largest absolute Gasteiger partial charge is 0.507 e. The Labute approximate surface area is 161 Å². The molecule has 0 fully saturated rings. The van der Waals surface area contributed by atoms with Crippen LogP contribution >= 0.6 is 0 Å². The SMILES string of the molecule is COc1ccc(C(=O)Oc2ccc(C=Nc3ccc(C#N)cc3)c(O)c2)cc1. The molecule has 28 heavy (non-hydrogen) atoms. The molecule has 138 valence electrons. The Kier molecular flexibility index (Phi) is 5.68. The van der Waals surface area contributed by atoms with E-state index in [9.17, 15) is 9.90 Å². The van der Waals surface area contributed by atoms with Crippen molar-refractivity contribution in [1.29, 1.82) is 5.26 Å². The van der Waals surface area contributed by atoms with Gasteiger partial charge in [0.05, 0.1) is 30.0 Å². The molecule has 0 unspecified atom stereocenters. The fourth-order valence-corrected chi connectivity index (χ4v) is 2.36. The number of esters is 1. The maximum atomic E-state index is 12.2. The number of aliphatic imine (C=N–C) groups is 1. The van der Waals surface area contributed by atoms with Crippen molar-refractivity contribution in [2.75, 3.05) is 7.11 Å². The highest BCUT2D eigenvalue weighted by Crippen LogP contribution is 2.24. The number of aromatic hydroxyl groups is 1. The van der Waals surface area contributed by atoms with Crippen LogP contribution in [0.4, 0.5) is 5.69 Å². The summed E-state index contributed by atoms with van der Waals surface area (Å²) in [6.45, 7) is 0. The predicted molar refractivity (Wildman–Crippen MR) is 104 cm³/mol. The number of hydrogen-bond donors (Lipinski definition) is 1. The molecule has 0 saturated heterocycles. The van der Waals surface area contributed by atoms with Crippen molar-refractivity contribution in [1.82, 2.24) is 0 Å². The van der Waals surface area contributed by atoms with E-state index in [0.29, 0.717) is 28.1 Å². The zero-order chi connectivity index (χ0) is 19.9. The van der Waals surface area contributed by atoms with Crippen LogP contribution in [-0.2, 0) is 0 Å². The number of hydrogen-bond acceptors (Lipinski definition) is 6. The number of nitriles is 1. The number of benzene rings is 3. The monoisotopic (exact) mass is 372 g/mol. The summed E-state index contributed by atoms with van der Waals surface area (Å²) in [6.07, 6.45) is 1.49. The van der Waals surface area contributed by atoms with Gasteiger partial charge >= 0.3 is 5.97 Å². The molecule has 0 aromatic heterocycles. The molecule has 3 rings (SSSR count). The summed E-state index contributed by atoms with van der Waals surface area (Å²) < 4.78 is 10.3. The second kappa shape index (κ2) is 8.52. The molecule has 6 nitrogen and oxygen atoms in total. The standard InChI is InChI=1S/C22H16N2O4/c1-27-19-9-4-16(5-10-19)22(26)28-20-11-6-17(21(25)12-20)14-24-18-7-2-15(13-23)3-8-18/h2-12,14,25H,1H3. The maximum absolute atomic E-state index is 12.2. The molecule has 0 saturated carbocycles. The van der Waals surface area contributed by atoms with Crippen LogP contribution in [0.5, 0.6) is 17.2 Å². The second-order valence-corrected chi connectivity index (χ2v) is 5.76. The van der Waals surface area contributed by atoms with Crippen LogP contribution in [0.15, 0.2) is 71.7 Å². The van der Waals surface area contributed by atoms with E-state index in [0.717, 1.165) is 0 Å². The van der Waals surface area contributed by atoms with Gasteiger partial charge in [-0.2, -0.15) is 5.26 Å². The first kappa shape index (κ1) is 18.7. The van der Waals surface area contributed by atoms with Gasteiger partial charge in [0.1, 0.15) is 17.2 Å². The molecule has 0 aliphatic carbocycles. The molecule has 1 N–H and O–H groups in total. The minimum absolute atomic E-state index is 0.0718. The number of nitrogens with zero attached hydrogens (tertiary/aromatic N) is 2. The van der Waals surface area contributed by atoms with Gasteiger partial charge in [-0.25, -0.2) is 4.79 Å². The van der Waals surface area contributed by atoms with Gasteiger partial charge in [0.2, 0.25) is 0 Å². The van der Waals surface area contributed by atoms with Gasteiger partial charge in [0, 0.05) is 17.8 Å². The first-order chi connectivity index (χ1) is 13.6. The minimum atomic E-state index is -0.541. The highest BCUT2D eigenvalue weighted by Gasteiger charge is 2.10. The lowest BCUT2D eigenvalue weighted by molar-refractivity contribution is 0.0734. The number of carbonyl (C=O) groups is 1. The van der Waals surface area contributed by atoms with E-state index in [-0.39, 0.29) is 11.5 Å². The summed E-state index contributed by atoms with van der Waals surface area (Å²) >= 11 is 0. The Morgan fingerprint density at radius 3 is 2.32 bits per heavy atom. The van der Waals surface area contributed by atoms with Crippen molar-refractivity contribution in [3.05, 3.63) is 83.4 Å². The van der Waals surface area contributed by atoms with E-state index in [1.807, 2.05) is 6.07 Å². The lowest BCUT2D eigenvalue weighted by atomic mass is 10.2. The highest BCUT2D eigenvalue weighted by molar-refractivity contribution is 5.91. The number of ether oxygens (including phenoxy) is 2. The lowest BCUT2D eigenvalue weighted by Crippen LogP contribution is -2.08. The van der Waals surface area contributed by atoms with Crippen molar-refractivity contribution in [3.63, 3.8) is 0 Å². The molecule has 0 aliphatic heterocycles. The van der Waals surface area contributed by atoms with E-state index in [1.54, 1.807) is 67.8 Å². The average Bonchev–Trinajstić information content (AvgIpc) is 2.73. The van der Waals surface area contributed by atoms with E-state index in [2.05, 4.69) is 4.99 Å². The predicted octanol–water partition coefficient (Wildman–Crippen LogP) is 4.24. The molecule has 0 amide bonds. The molecular formula is C22H16N2O4. The van der Waals surface area contributed by atoms with Gasteiger partial charge < -0.3 is 14.6 Å². The van der Waals surface area contributed by atoms with Gasteiger partial charge in [-0.05, 0) is 60.7 Å². The van der Waals surface area contributed by atoms with E-state index < -0.39 is 5.97 Å². The lowest BCUT2D eigenvalue weighted by Gasteiger charge is -2.07. The van der Waals surface area contributed by atoms with E-state index in [1.165, 1.54) is 12.3 Å². The van der Waals surface area contributed by atoms with Crippen molar-refractivity contribution >= 4 is 17.9 Å². The van der Waals surface area contributed by atoms with Crippen molar-refractivity contribution < 1.29 is 19.4 Å². The van der Waals surface area contributed by atoms with Crippen molar-refractivity contribution in [2.45, 2.75) is 0 Å². The number of rotatable bonds is 5. The van der Waals surface area contributed by atoms with Crippen LogP contribution in [0, 0.1) is 11.3 Å². The normalized spacial score (nSPS) is 10.4. The Hall–Kier alpha value is -4.11. The van der Waals surface area contributed by atoms with Gasteiger partial charge in [0.15, 0.2) is 0 Å². The Morgan fingerprint density at radius 1 is 1.04 bits per heavy atom. The Morgan fingerprint density at radius 2 is 1.71 bits per heavy atom. The van der Waals surface area contributed by atoms with Gasteiger partial charge in [-0.3, -0.25) is 4.99 Å². The zero-order valence-electron chi connectivity index (χ0n) is 15.0. The highest BCUT2D eigenvalue weighted by atomic mass is 16.5. The summed E-state index contributed by atoms with van der Waals surface area (Å²) in [5, 5.41) is 19.0. The molecule has 0 atom stereocenters. The topological polar surface area (TPSA) is 91.9 Å². The van der Waals surface area contributed by atoms with Crippen molar-refractivity contribution in [3.8, 4) is 23.3 Å². The first-order valence-electron chi connectivity index (χ1n) is 8.32. The smallest absolute Gasteiger partial charge is 0.343 e. The molecule has 0 bridgehead atoms. The Balaban J connectivity index is 1.69. The summed E-state index contributed by atoms with van der Waals surface area (Å²) in [6, 6.07) is 19.8. The van der Waals surface area contributed by atoms with Gasteiger partial charge in [-0.15, -0.1) is 0 Å². The maximum Gasteiger partial charge on any atom is 0.343 e. The fourth-order valence-electron chi connectivity index (χ4n) is 2.36. The van der Waals surface area contributed by atoms with E-state index >= 15 is 0 Å². The molecular weight excluding hydrogens is 356 g/mol. The van der Waals surface area contributed by atoms with E-state index in [4.69, 9.17) is 14.7 Å².